The van der Waals surface area contributed by atoms with Crippen LogP contribution in [-0.4, -0.2) is 41.4 Å². The fraction of sp³-hybridized carbons (Fsp3) is 0.550. The van der Waals surface area contributed by atoms with Gasteiger partial charge in [0, 0.05) is 25.6 Å². The van der Waals surface area contributed by atoms with E-state index in [2.05, 4.69) is 5.32 Å². The highest BCUT2D eigenvalue weighted by molar-refractivity contribution is 5.89. The van der Waals surface area contributed by atoms with E-state index in [9.17, 15) is 18.8 Å². The highest BCUT2D eigenvalue weighted by Gasteiger charge is 2.40. The summed E-state index contributed by atoms with van der Waals surface area (Å²) in [5.41, 5.74) is 0.747. The third kappa shape index (κ3) is 4.84. The number of amides is 2. The number of carbonyl (C=O) groups excluding carboxylic acids is 3. The summed E-state index contributed by atoms with van der Waals surface area (Å²) < 4.78 is 18.2. The standard InChI is InChI=1S/C20H25FN2O4/c1-13(19(25)22-11-14-6-8-16(21)9-7-14)27-20(26)15-10-18(24)23(12-15)17-4-2-3-5-17/h6-9,13,15,17H,2-5,10-12H2,1H3,(H,22,25)/t13-,15-/m0/s1. The first-order valence-corrected chi connectivity index (χ1v) is 9.46. The van der Waals surface area contributed by atoms with Gasteiger partial charge in [0.05, 0.1) is 5.92 Å². The summed E-state index contributed by atoms with van der Waals surface area (Å²) in [5.74, 6) is -1.79. The van der Waals surface area contributed by atoms with E-state index in [0.717, 1.165) is 31.2 Å². The van der Waals surface area contributed by atoms with E-state index >= 15 is 0 Å². The zero-order valence-electron chi connectivity index (χ0n) is 15.4. The van der Waals surface area contributed by atoms with Crippen molar-refractivity contribution in [2.75, 3.05) is 6.54 Å². The molecule has 3 rings (SSSR count). The molecule has 27 heavy (non-hydrogen) atoms. The molecule has 1 saturated carbocycles. The van der Waals surface area contributed by atoms with Crippen LogP contribution in [0.15, 0.2) is 24.3 Å². The smallest absolute Gasteiger partial charge is 0.312 e. The van der Waals surface area contributed by atoms with Gasteiger partial charge in [-0.05, 0) is 37.5 Å². The van der Waals surface area contributed by atoms with Crippen molar-refractivity contribution in [1.29, 1.82) is 0 Å². The summed E-state index contributed by atoms with van der Waals surface area (Å²) in [5, 5.41) is 2.66. The molecule has 1 aliphatic heterocycles. The minimum atomic E-state index is -0.950. The number of hydrogen-bond donors (Lipinski definition) is 1. The van der Waals surface area contributed by atoms with Gasteiger partial charge in [-0.25, -0.2) is 4.39 Å². The number of ether oxygens (including phenoxy) is 1. The number of rotatable bonds is 6. The molecule has 2 atom stereocenters. The fourth-order valence-electron chi connectivity index (χ4n) is 3.72. The Labute approximate surface area is 158 Å². The number of esters is 1. The molecule has 0 unspecified atom stereocenters. The molecule has 0 radical (unpaired) electrons. The van der Waals surface area contributed by atoms with Crippen LogP contribution in [0.3, 0.4) is 0 Å². The highest BCUT2D eigenvalue weighted by Crippen LogP contribution is 2.30. The Morgan fingerprint density at radius 2 is 1.93 bits per heavy atom. The largest absolute Gasteiger partial charge is 0.452 e. The van der Waals surface area contributed by atoms with Crippen molar-refractivity contribution in [2.45, 2.75) is 57.7 Å². The number of nitrogens with zero attached hydrogens (tertiary/aromatic N) is 1. The number of benzene rings is 1. The fourth-order valence-corrected chi connectivity index (χ4v) is 3.72. The average Bonchev–Trinajstić information content (AvgIpc) is 3.30. The normalized spacial score (nSPS) is 21.3. The topological polar surface area (TPSA) is 75.7 Å². The molecular formula is C20H25FN2O4. The van der Waals surface area contributed by atoms with Crippen LogP contribution in [0.1, 0.15) is 44.6 Å². The van der Waals surface area contributed by atoms with Crippen LogP contribution >= 0.6 is 0 Å². The summed E-state index contributed by atoms with van der Waals surface area (Å²) in [6.45, 7) is 2.11. The van der Waals surface area contributed by atoms with Gasteiger partial charge in [0.15, 0.2) is 6.10 Å². The van der Waals surface area contributed by atoms with Crippen molar-refractivity contribution in [3.63, 3.8) is 0 Å². The van der Waals surface area contributed by atoms with Crippen LogP contribution in [0.2, 0.25) is 0 Å². The van der Waals surface area contributed by atoms with Gasteiger partial charge in [-0.1, -0.05) is 25.0 Å². The molecule has 1 saturated heterocycles. The molecule has 1 heterocycles. The van der Waals surface area contributed by atoms with Gasteiger partial charge < -0.3 is 15.0 Å². The van der Waals surface area contributed by atoms with Crippen LogP contribution in [0, 0.1) is 11.7 Å². The van der Waals surface area contributed by atoms with Gasteiger partial charge in [0.1, 0.15) is 5.82 Å². The molecule has 1 aliphatic carbocycles. The van der Waals surface area contributed by atoms with E-state index in [4.69, 9.17) is 4.74 Å². The summed E-state index contributed by atoms with van der Waals surface area (Å²) in [6.07, 6.45) is 3.43. The second kappa shape index (κ2) is 8.50. The van der Waals surface area contributed by atoms with E-state index in [1.807, 2.05) is 0 Å². The third-order valence-corrected chi connectivity index (χ3v) is 5.30. The molecule has 2 amide bonds. The zero-order chi connectivity index (χ0) is 19.4. The Morgan fingerprint density at radius 1 is 1.26 bits per heavy atom. The van der Waals surface area contributed by atoms with Crippen LogP contribution < -0.4 is 5.32 Å². The first kappa shape index (κ1) is 19.3. The average molecular weight is 376 g/mol. The van der Waals surface area contributed by atoms with Crippen LogP contribution in [-0.2, 0) is 25.7 Å². The molecule has 1 N–H and O–H groups in total. The SMILES string of the molecule is C[C@H](OC(=O)[C@H]1CC(=O)N(C2CCCC2)C1)C(=O)NCc1ccc(F)cc1. The highest BCUT2D eigenvalue weighted by atomic mass is 19.1. The summed E-state index contributed by atoms with van der Waals surface area (Å²) in [7, 11) is 0. The van der Waals surface area contributed by atoms with E-state index in [1.54, 1.807) is 17.0 Å². The van der Waals surface area contributed by atoms with Crippen molar-refractivity contribution in [1.82, 2.24) is 10.2 Å². The maximum absolute atomic E-state index is 12.9. The van der Waals surface area contributed by atoms with Crippen LogP contribution in [0.5, 0.6) is 0 Å². The summed E-state index contributed by atoms with van der Waals surface area (Å²) >= 11 is 0. The molecule has 0 bridgehead atoms. The lowest BCUT2D eigenvalue weighted by molar-refractivity contribution is -0.158. The van der Waals surface area contributed by atoms with E-state index < -0.39 is 23.9 Å². The van der Waals surface area contributed by atoms with Crippen molar-refractivity contribution in [2.24, 2.45) is 5.92 Å². The van der Waals surface area contributed by atoms with Crippen molar-refractivity contribution in [3.05, 3.63) is 35.6 Å². The molecule has 0 spiro atoms. The van der Waals surface area contributed by atoms with Gasteiger partial charge in [-0.2, -0.15) is 0 Å². The molecule has 146 valence electrons. The Bertz CT molecular complexity index is 700. The molecule has 2 fully saturated rings. The molecule has 2 aliphatic rings. The number of halogens is 1. The number of likely N-dealkylation sites (tertiary alicyclic amines) is 1. The zero-order valence-corrected chi connectivity index (χ0v) is 15.4. The number of nitrogens with one attached hydrogen (secondary N) is 1. The van der Waals surface area contributed by atoms with Crippen molar-refractivity contribution >= 4 is 17.8 Å². The Kier molecular flexibility index (Phi) is 6.08. The van der Waals surface area contributed by atoms with Gasteiger partial charge in [0.25, 0.3) is 5.91 Å². The summed E-state index contributed by atoms with van der Waals surface area (Å²) in [4.78, 5) is 38.5. The maximum atomic E-state index is 12.9. The van der Waals surface area contributed by atoms with Gasteiger partial charge >= 0.3 is 5.97 Å². The third-order valence-electron chi connectivity index (χ3n) is 5.30. The second-order valence-corrected chi connectivity index (χ2v) is 7.31. The lowest BCUT2D eigenvalue weighted by Gasteiger charge is -2.24. The van der Waals surface area contributed by atoms with E-state index in [-0.39, 0.29) is 30.7 Å². The number of carbonyl (C=O) groups is 3. The minimum absolute atomic E-state index is 0.00253. The van der Waals surface area contributed by atoms with E-state index in [1.165, 1.54) is 19.1 Å². The van der Waals surface area contributed by atoms with Crippen molar-refractivity contribution < 1.29 is 23.5 Å². The monoisotopic (exact) mass is 376 g/mol. The molecule has 6 nitrogen and oxygen atoms in total. The molecule has 0 aromatic heterocycles. The van der Waals surface area contributed by atoms with Crippen LogP contribution in [0.25, 0.3) is 0 Å². The van der Waals surface area contributed by atoms with Crippen molar-refractivity contribution in [3.8, 4) is 0 Å². The molecule has 1 aromatic rings. The Hall–Kier alpha value is -2.44. The summed E-state index contributed by atoms with van der Waals surface area (Å²) in [6, 6.07) is 6.03. The predicted octanol–water partition coefficient (Wildman–Crippen LogP) is 2.16. The molecule has 1 aromatic carbocycles. The van der Waals surface area contributed by atoms with Gasteiger partial charge in [0.2, 0.25) is 5.91 Å². The first-order chi connectivity index (χ1) is 12.9. The second-order valence-electron chi connectivity index (χ2n) is 7.31. The van der Waals surface area contributed by atoms with E-state index in [0.29, 0.717) is 6.54 Å². The molecular weight excluding hydrogens is 351 g/mol. The minimum Gasteiger partial charge on any atom is -0.452 e. The number of hydrogen-bond acceptors (Lipinski definition) is 4. The Morgan fingerprint density at radius 3 is 2.59 bits per heavy atom. The quantitative estimate of drug-likeness (QED) is 0.772. The lowest BCUT2D eigenvalue weighted by atomic mass is 10.1. The van der Waals surface area contributed by atoms with Gasteiger partial charge in [-0.15, -0.1) is 0 Å². The lowest BCUT2D eigenvalue weighted by Crippen LogP contribution is -2.38. The van der Waals surface area contributed by atoms with Gasteiger partial charge in [-0.3, -0.25) is 14.4 Å². The maximum Gasteiger partial charge on any atom is 0.312 e. The Balaban J connectivity index is 1.46. The predicted molar refractivity (Wildman–Crippen MR) is 95.9 cm³/mol. The molecule has 7 heteroatoms. The van der Waals surface area contributed by atoms with Crippen LogP contribution in [0.4, 0.5) is 4.39 Å². The first-order valence-electron chi connectivity index (χ1n) is 9.46.